The summed E-state index contributed by atoms with van der Waals surface area (Å²) in [5.74, 6) is -0.353. The maximum absolute atomic E-state index is 12.6. The molecule has 0 unspecified atom stereocenters. The molecule has 0 aliphatic carbocycles. The number of halogens is 1. The van der Waals surface area contributed by atoms with Gasteiger partial charge in [0, 0.05) is 24.7 Å². The number of carbonyl (C=O) groups excluding carboxylic acids is 1. The summed E-state index contributed by atoms with van der Waals surface area (Å²) in [4.78, 5) is 12.1. The summed E-state index contributed by atoms with van der Waals surface area (Å²) in [6.45, 7) is 3.08. The number of nitrogens with zero attached hydrogens (tertiary/aromatic N) is 1. The molecule has 1 saturated heterocycles. The SMILES string of the molecule is CCNC(=O)[C@@H]1CCCN(S(=O)(=O)c2ccc(Cl)cc2)C1. The molecule has 0 bridgehead atoms. The van der Waals surface area contributed by atoms with Crippen LogP contribution in [-0.4, -0.2) is 38.3 Å². The molecule has 1 heterocycles. The average molecular weight is 331 g/mol. The number of nitrogens with one attached hydrogen (secondary N) is 1. The lowest BCUT2D eigenvalue weighted by atomic mass is 9.99. The molecule has 0 radical (unpaired) electrons. The van der Waals surface area contributed by atoms with Crippen molar-refractivity contribution in [3.8, 4) is 0 Å². The minimum Gasteiger partial charge on any atom is -0.356 e. The van der Waals surface area contributed by atoms with Gasteiger partial charge in [-0.3, -0.25) is 4.79 Å². The minimum absolute atomic E-state index is 0.0755. The van der Waals surface area contributed by atoms with E-state index in [0.717, 1.165) is 6.42 Å². The van der Waals surface area contributed by atoms with Crippen molar-refractivity contribution >= 4 is 27.5 Å². The molecule has 2 rings (SSSR count). The Morgan fingerprint density at radius 3 is 2.67 bits per heavy atom. The van der Waals surface area contributed by atoms with Gasteiger partial charge in [-0.05, 0) is 44.0 Å². The van der Waals surface area contributed by atoms with E-state index in [0.29, 0.717) is 24.5 Å². The summed E-state index contributed by atoms with van der Waals surface area (Å²) < 4.78 is 26.5. The molecule has 1 atom stereocenters. The third kappa shape index (κ3) is 3.75. The summed E-state index contributed by atoms with van der Waals surface area (Å²) in [5, 5.41) is 3.25. The standard InChI is InChI=1S/C14H19ClN2O3S/c1-2-16-14(18)11-4-3-9-17(10-11)21(19,20)13-7-5-12(15)6-8-13/h5-8,11H,2-4,9-10H2,1H3,(H,16,18)/t11-/m1/s1. The van der Waals surface area contributed by atoms with Gasteiger partial charge in [-0.25, -0.2) is 8.42 Å². The Kier molecular flexibility index (Phi) is 5.24. The molecule has 0 spiro atoms. The second-order valence-corrected chi connectivity index (χ2v) is 7.43. The van der Waals surface area contributed by atoms with Gasteiger partial charge in [-0.1, -0.05) is 11.6 Å². The van der Waals surface area contributed by atoms with Crippen molar-refractivity contribution in [1.29, 1.82) is 0 Å². The van der Waals surface area contributed by atoms with Crippen LogP contribution < -0.4 is 5.32 Å². The van der Waals surface area contributed by atoms with Crippen molar-refractivity contribution in [2.45, 2.75) is 24.7 Å². The van der Waals surface area contributed by atoms with Gasteiger partial charge in [-0.2, -0.15) is 4.31 Å². The molecule has 0 aromatic heterocycles. The quantitative estimate of drug-likeness (QED) is 0.916. The predicted molar refractivity (Wildman–Crippen MR) is 81.6 cm³/mol. The number of hydrogen-bond donors (Lipinski definition) is 1. The third-order valence-electron chi connectivity index (χ3n) is 3.56. The summed E-state index contributed by atoms with van der Waals surface area (Å²) in [6, 6.07) is 6.10. The molecule has 1 aromatic rings. The Morgan fingerprint density at radius 1 is 1.38 bits per heavy atom. The highest BCUT2D eigenvalue weighted by Crippen LogP contribution is 2.24. The van der Waals surface area contributed by atoms with Crippen LogP contribution in [0.15, 0.2) is 29.2 Å². The van der Waals surface area contributed by atoms with Crippen molar-refractivity contribution in [3.05, 3.63) is 29.3 Å². The van der Waals surface area contributed by atoms with Gasteiger partial charge in [0.15, 0.2) is 0 Å². The first-order chi connectivity index (χ1) is 9.95. The van der Waals surface area contributed by atoms with E-state index < -0.39 is 10.0 Å². The zero-order valence-corrected chi connectivity index (χ0v) is 13.5. The summed E-state index contributed by atoms with van der Waals surface area (Å²) in [6.07, 6.45) is 1.41. The van der Waals surface area contributed by atoms with Gasteiger partial charge in [0.25, 0.3) is 0 Å². The largest absolute Gasteiger partial charge is 0.356 e. The van der Waals surface area contributed by atoms with Crippen LogP contribution in [0.2, 0.25) is 5.02 Å². The fraction of sp³-hybridized carbons (Fsp3) is 0.500. The van der Waals surface area contributed by atoms with Crippen molar-refractivity contribution < 1.29 is 13.2 Å². The third-order valence-corrected chi connectivity index (χ3v) is 5.69. The van der Waals surface area contributed by atoms with Crippen LogP contribution >= 0.6 is 11.6 Å². The first kappa shape index (κ1) is 16.3. The number of amides is 1. The predicted octanol–water partition coefficient (Wildman–Crippen LogP) is 1.88. The number of carbonyl (C=O) groups is 1. The number of benzene rings is 1. The lowest BCUT2D eigenvalue weighted by Crippen LogP contribution is -2.45. The minimum atomic E-state index is -3.57. The Labute approximate surface area is 130 Å². The molecule has 7 heteroatoms. The fourth-order valence-electron chi connectivity index (χ4n) is 2.45. The summed E-state index contributed by atoms with van der Waals surface area (Å²) in [5.41, 5.74) is 0. The van der Waals surface area contributed by atoms with E-state index in [2.05, 4.69) is 5.32 Å². The zero-order chi connectivity index (χ0) is 15.5. The van der Waals surface area contributed by atoms with E-state index in [1.54, 1.807) is 12.1 Å². The molecule has 1 N–H and O–H groups in total. The highest BCUT2D eigenvalue weighted by atomic mass is 35.5. The monoisotopic (exact) mass is 330 g/mol. The lowest BCUT2D eigenvalue weighted by Gasteiger charge is -2.31. The summed E-state index contributed by atoms with van der Waals surface area (Å²) in [7, 11) is -3.57. The first-order valence-corrected chi connectivity index (χ1v) is 8.80. The maximum atomic E-state index is 12.6. The van der Waals surface area contributed by atoms with E-state index in [1.165, 1.54) is 16.4 Å². The maximum Gasteiger partial charge on any atom is 0.243 e. The zero-order valence-electron chi connectivity index (χ0n) is 11.9. The number of piperidine rings is 1. The van der Waals surface area contributed by atoms with E-state index >= 15 is 0 Å². The van der Waals surface area contributed by atoms with Crippen LogP contribution in [0, 0.1) is 5.92 Å². The van der Waals surface area contributed by atoms with Gasteiger partial charge in [0.2, 0.25) is 15.9 Å². The van der Waals surface area contributed by atoms with Gasteiger partial charge in [0.1, 0.15) is 0 Å². The number of sulfonamides is 1. The normalized spacial score (nSPS) is 20.2. The molecule has 1 aliphatic rings. The fourth-order valence-corrected chi connectivity index (χ4v) is 4.10. The van der Waals surface area contributed by atoms with E-state index in [-0.39, 0.29) is 23.3 Å². The Morgan fingerprint density at radius 2 is 2.05 bits per heavy atom. The topological polar surface area (TPSA) is 66.5 Å². The molecule has 1 aliphatic heterocycles. The van der Waals surface area contributed by atoms with Crippen LogP contribution in [0.5, 0.6) is 0 Å². The molecule has 5 nitrogen and oxygen atoms in total. The van der Waals surface area contributed by atoms with Crippen LogP contribution in [0.1, 0.15) is 19.8 Å². The van der Waals surface area contributed by atoms with E-state index in [4.69, 9.17) is 11.6 Å². The van der Waals surface area contributed by atoms with Gasteiger partial charge < -0.3 is 5.32 Å². The van der Waals surface area contributed by atoms with Crippen LogP contribution in [-0.2, 0) is 14.8 Å². The lowest BCUT2D eigenvalue weighted by molar-refractivity contribution is -0.125. The Bertz CT molecular complexity index is 601. The van der Waals surface area contributed by atoms with Crippen molar-refractivity contribution in [2.75, 3.05) is 19.6 Å². The van der Waals surface area contributed by atoms with Crippen LogP contribution in [0.3, 0.4) is 0 Å². The molecular formula is C14H19ClN2O3S. The van der Waals surface area contributed by atoms with Crippen molar-refractivity contribution in [3.63, 3.8) is 0 Å². The molecule has 0 saturated carbocycles. The van der Waals surface area contributed by atoms with Crippen molar-refractivity contribution in [1.82, 2.24) is 9.62 Å². The highest BCUT2D eigenvalue weighted by molar-refractivity contribution is 7.89. The summed E-state index contributed by atoms with van der Waals surface area (Å²) >= 11 is 5.79. The second kappa shape index (κ2) is 6.77. The Balaban J connectivity index is 2.16. The highest BCUT2D eigenvalue weighted by Gasteiger charge is 2.32. The average Bonchev–Trinajstić information content (AvgIpc) is 2.48. The van der Waals surface area contributed by atoms with Gasteiger partial charge in [0.05, 0.1) is 10.8 Å². The number of hydrogen-bond acceptors (Lipinski definition) is 3. The molecule has 1 aromatic carbocycles. The molecule has 1 amide bonds. The van der Waals surface area contributed by atoms with Gasteiger partial charge in [-0.15, -0.1) is 0 Å². The van der Waals surface area contributed by atoms with Gasteiger partial charge >= 0.3 is 0 Å². The van der Waals surface area contributed by atoms with Crippen molar-refractivity contribution in [2.24, 2.45) is 5.92 Å². The Hall–Kier alpha value is -1.11. The molecule has 21 heavy (non-hydrogen) atoms. The van der Waals surface area contributed by atoms with E-state index in [9.17, 15) is 13.2 Å². The second-order valence-electron chi connectivity index (χ2n) is 5.05. The smallest absolute Gasteiger partial charge is 0.243 e. The molecule has 1 fully saturated rings. The first-order valence-electron chi connectivity index (χ1n) is 6.98. The van der Waals surface area contributed by atoms with E-state index in [1.807, 2.05) is 6.92 Å². The van der Waals surface area contributed by atoms with Crippen LogP contribution in [0.4, 0.5) is 0 Å². The molecular weight excluding hydrogens is 312 g/mol. The molecule has 116 valence electrons. The van der Waals surface area contributed by atoms with Crippen LogP contribution in [0.25, 0.3) is 0 Å². The number of rotatable bonds is 4.